The van der Waals surface area contributed by atoms with Crippen LogP contribution in [-0.2, 0) is 6.61 Å². The molecule has 0 amide bonds. The van der Waals surface area contributed by atoms with E-state index in [-0.39, 0.29) is 12.2 Å². The molecule has 1 heterocycles. The third-order valence-electron chi connectivity index (χ3n) is 2.31. The molecule has 0 radical (unpaired) electrons. The van der Waals surface area contributed by atoms with Gasteiger partial charge in [-0.05, 0) is 12.1 Å². The van der Waals surface area contributed by atoms with E-state index in [2.05, 4.69) is 4.98 Å². The first-order valence-electron chi connectivity index (χ1n) is 5.21. The lowest BCUT2D eigenvalue weighted by Gasteiger charge is -2.07. The van der Waals surface area contributed by atoms with Crippen LogP contribution in [-0.4, -0.2) is 16.1 Å². The third-order valence-corrected chi connectivity index (χ3v) is 2.68. The fraction of sp³-hybridized carbons (Fsp3) is 0.0769. The molecule has 0 aliphatic rings. The first kappa shape index (κ1) is 12.4. The fourth-order valence-corrected chi connectivity index (χ4v) is 1.58. The Balaban J connectivity index is 2.09. The Morgan fingerprint density at radius 3 is 2.83 bits per heavy atom. The summed E-state index contributed by atoms with van der Waals surface area (Å²) in [5.74, 6) is -0.638. The Kier molecular flexibility index (Phi) is 3.79. The molecule has 18 heavy (non-hydrogen) atoms. The molecule has 4 nitrogen and oxygen atoms in total. The van der Waals surface area contributed by atoms with Crippen LogP contribution in [0.4, 0.5) is 0 Å². The van der Waals surface area contributed by atoms with Crippen LogP contribution in [0.3, 0.4) is 0 Å². The molecule has 5 heteroatoms. The molecule has 0 saturated heterocycles. The molecule has 0 saturated carbocycles. The number of benzene rings is 1. The number of halogens is 1. The zero-order chi connectivity index (χ0) is 13.0. The zero-order valence-electron chi connectivity index (χ0n) is 9.34. The molecule has 2 rings (SSSR count). The van der Waals surface area contributed by atoms with Crippen molar-refractivity contribution in [1.29, 1.82) is 0 Å². The van der Waals surface area contributed by atoms with Gasteiger partial charge in [0.2, 0.25) is 0 Å². The van der Waals surface area contributed by atoms with Crippen LogP contribution in [0.25, 0.3) is 0 Å². The van der Waals surface area contributed by atoms with Gasteiger partial charge >= 0.3 is 5.97 Å². The van der Waals surface area contributed by atoms with Gasteiger partial charge in [-0.15, -0.1) is 0 Å². The number of carboxylic acids is 1. The van der Waals surface area contributed by atoms with E-state index in [4.69, 9.17) is 21.4 Å². The van der Waals surface area contributed by atoms with Crippen molar-refractivity contribution in [1.82, 2.24) is 4.98 Å². The van der Waals surface area contributed by atoms with Gasteiger partial charge in [0.05, 0.1) is 11.8 Å². The predicted octanol–water partition coefficient (Wildman–Crippen LogP) is 3.01. The zero-order valence-corrected chi connectivity index (χ0v) is 10.1. The summed E-state index contributed by atoms with van der Waals surface area (Å²) in [5, 5.41) is 9.43. The van der Waals surface area contributed by atoms with Gasteiger partial charge in [0.15, 0.2) is 0 Å². The molecular formula is C13H10ClNO3. The summed E-state index contributed by atoms with van der Waals surface area (Å²) >= 11 is 5.98. The van der Waals surface area contributed by atoms with Crippen molar-refractivity contribution in [2.45, 2.75) is 6.61 Å². The Bertz CT molecular complexity index is 572. The van der Waals surface area contributed by atoms with Crippen LogP contribution in [0.1, 0.15) is 15.9 Å². The molecule has 0 spiro atoms. The lowest BCUT2D eigenvalue weighted by molar-refractivity contribution is 0.0696. The molecular weight excluding hydrogens is 254 g/mol. The van der Waals surface area contributed by atoms with E-state index in [1.807, 2.05) is 18.2 Å². The van der Waals surface area contributed by atoms with Gasteiger partial charge in [-0.25, -0.2) is 4.79 Å². The lowest BCUT2D eigenvalue weighted by Crippen LogP contribution is -2.00. The number of rotatable bonds is 4. The highest BCUT2D eigenvalue weighted by molar-refractivity contribution is 6.31. The van der Waals surface area contributed by atoms with Gasteiger partial charge in [-0.1, -0.05) is 29.8 Å². The summed E-state index contributed by atoms with van der Waals surface area (Å²) < 4.78 is 5.45. The largest absolute Gasteiger partial charge is 0.487 e. The molecule has 0 aliphatic carbocycles. The molecule has 0 unspecified atom stereocenters. The summed E-state index contributed by atoms with van der Waals surface area (Å²) in [7, 11) is 0. The minimum atomic E-state index is -1.04. The number of aromatic carboxylic acids is 1. The SMILES string of the molecule is O=C(O)c1cncc(OCc2ccccc2Cl)c1. The summed E-state index contributed by atoms with van der Waals surface area (Å²) in [5.41, 5.74) is 0.923. The molecule has 0 aliphatic heterocycles. The van der Waals surface area contributed by atoms with Gasteiger partial charge in [-0.3, -0.25) is 4.98 Å². The van der Waals surface area contributed by atoms with Crippen molar-refractivity contribution >= 4 is 17.6 Å². The topological polar surface area (TPSA) is 59.4 Å². The average molecular weight is 264 g/mol. The number of ether oxygens (including phenoxy) is 1. The molecule has 0 bridgehead atoms. The second-order valence-corrected chi connectivity index (χ2v) is 4.00. The Morgan fingerprint density at radius 2 is 2.11 bits per heavy atom. The molecule has 0 atom stereocenters. The molecule has 1 aromatic carbocycles. The Labute approximate surface area is 109 Å². The van der Waals surface area contributed by atoms with Gasteiger partial charge in [-0.2, -0.15) is 0 Å². The Hall–Kier alpha value is -2.07. The quantitative estimate of drug-likeness (QED) is 0.921. The highest BCUT2D eigenvalue weighted by Gasteiger charge is 2.05. The number of nitrogens with zero attached hydrogens (tertiary/aromatic N) is 1. The number of carbonyl (C=O) groups is 1. The van der Waals surface area contributed by atoms with Crippen molar-refractivity contribution in [3.63, 3.8) is 0 Å². The maximum Gasteiger partial charge on any atom is 0.337 e. The van der Waals surface area contributed by atoms with Crippen LogP contribution in [0.5, 0.6) is 5.75 Å². The van der Waals surface area contributed by atoms with E-state index in [0.717, 1.165) is 5.56 Å². The van der Waals surface area contributed by atoms with Gasteiger partial charge < -0.3 is 9.84 Å². The molecule has 0 fully saturated rings. The van der Waals surface area contributed by atoms with Crippen molar-refractivity contribution in [3.05, 3.63) is 58.9 Å². The van der Waals surface area contributed by atoms with Crippen molar-refractivity contribution < 1.29 is 14.6 Å². The van der Waals surface area contributed by atoms with E-state index >= 15 is 0 Å². The monoisotopic (exact) mass is 263 g/mol. The number of hydrogen-bond acceptors (Lipinski definition) is 3. The molecule has 1 aromatic heterocycles. The van der Waals surface area contributed by atoms with E-state index in [9.17, 15) is 4.79 Å². The summed E-state index contributed by atoms with van der Waals surface area (Å²) in [6.45, 7) is 0.268. The summed E-state index contributed by atoms with van der Waals surface area (Å²) in [6.07, 6.45) is 2.73. The normalized spacial score (nSPS) is 10.1. The first-order valence-corrected chi connectivity index (χ1v) is 5.59. The second-order valence-electron chi connectivity index (χ2n) is 3.59. The van der Waals surface area contributed by atoms with Crippen molar-refractivity contribution in [3.8, 4) is 5.75 Å². The van der Waals surface area contributed by atoms with Gasteiger partial charge in [0.1, 0.15) is 12.4 Å². The minimum Gasteiger partial charge on any atom is -0.487 e. The van der Waals surface area contributed by atoms with Crippen molar-refractivity contribution in [2.24, 2.45) is 0 Å². The van der Waals surface area contributed by atoms with Crippen LogP contribution in [0, 0.1) is 0 Å². The number of aromatic nitrogens is 1. The summed E-state index contributed by atoms with van der Waals surface area (Å²) in [4.78, 5) is 14.6. The second kappa shape index (κ2) is 5.51. The smallest absolute Gasteiger partial charge is 0.337 e. The predicted molar refractivity (Wildman–Crippen MR) is 67.0 cm³/mol. The van der Waals surface area contributed by atoms with Crippen LogP contribution in [0.15, 0.2) is 42.7 Å². The van der Waals surface area contributed by atoms with E-state index in [1.165, 1.54) is 18.5 Å². The highest BCUT2D eigenvalue weighted by Crippen LogP contribution is 2.18. The summed E-state index contributed by atoms with van der Waals surface area (Å²) in [6, 6.07) is 8.73. The molecule has 92 valence electrons. The maximum absolute atomic E-state index is 10.8. The van der Waals surface area contributed by atoms with Crippen LogP contribution >= 0.6 is 11.6 Å². The van der Waals surface area contributed by atoms with Crippen LogP contribution in [0.2, 0.25) is 5.02 Å². The van der Waals surface area contributed by atoms with Gasteiger partial charge in [0.25, 0.3) is 0 Å². The molecule has 1 N–H and O–H groups in total. The van der Waals surface area contributed by atoms with E-state index in [0.29, 0.717) is 10.8 Å². The third kappa shape index (κ3) is 2.99. The first-order chi connectivity index (χ1) is 8.66. The highest BCUT2D eigenvalue weighted by atomic mass is 35.5. The van der Waals surface area contributed by atoms with E-state index < -0.39 is 5.97 Å². The number of hydrogen-bond donors (Lipinski definition) is 1. The standard InChI is InChI=1S/C13H10ClNO3/c14-12-4-2-1-3-9(12)8-18-11-5-10(13(16)17)6-15-7-11/h1-7H,8H2,(H,16,17). The number of carboxylic acid groups (broad SMARTS) is 1. The number of pyridine rings is 1. The Morgan fingerprint density at radius 1 is 1.33 bits per heavy atom. The lowest BCUT2D eigenvalue weighted by atomic mass is 10.2. The minimum absolute atomic E-state index is 0.0895. The van der Waals surface area contributed by atoms with E-state index in [1.54, 1.807) is 6.07 Å². The fourth-order valence-electron chi connectivity index (χ4n) is 1.39. The average Bonchev–Trinajstić information content (AvgIpc) is 2.38. The van der Waals surface area contributed by atoms with Gasteiger partial charge in [0, 0.05) is 16.8 Å². The molecule has 2 aromatic rings. The van der Waals surface area contributed by atoms with Crippen LogP contribution < -0.4 is 4.74 Å². The van der Waals surface area contributed by atoms with Crippen molar-refractivity contribution in [2.75, 3.05) is 0 Å². The maximum atomic E-state index is 10.8.